The molecule has 0 rings (SSSR count). The maximum Gasteiger partial charge on any atom is 0.0777 e. The largest absolute Gasteiger partial charge is 0.271 e. The van der Waals surface area contributed by atoms with E-state index in [0.29, 0.717) is 6.54 Å². The second kappa shape index (κ2) is 6.90. The highest BCUT2D eigenvalue weighted by Crippen LogP contribution is 1.60. The van der Waals surface area contributed by atoms with E-state index in [2.05, 4.69) is 12.0 Å². The standard InChI is InChI=1S/C3H8N2.ClHO4/c1-2-3-5-4;2-1(3,4)5/h2,5H,1,3-4H2;(H,2,3,4,5). The first kappa shape index (κ1) is 12.5. The summed E-state index contributed by atoms with van der Waals surface area (Å²) in [6, 6.07) is 0. The van der Waals surface area contributed by atoms with Crippen molar-refractivity contribution in [2.75, 3.05) is 6.54 Å². The third kappa shape index (κ3) is 112. The first-order chi connectivity index (χ1) is 4.41. The highest BCUT2D eigenvalue weighted by molar-refractivity contribution is 4.66. The van der Waals surface area contributed by atoms with Crippen molar-refractivity contribution in [2.24, 2.45) is 5.84 Å². The van der Waals surface area contributed by atoms with E-state index in [0.717, 1.165) is 0 Å². The summed E-state index contributed by atoms with van der Waals surface area (Å²) in [5.74, 6) is 4.82. The quantitative estimate of drug-likeness (QED) is 0.219. The van der Waals surface area contributed by atoms with Gasteiger partial charge in [0.2, 0.25) is 0 Å². The minimum Gasteiger partial charge on any atom is -0.271 e. The number of halogens is 1. The van der Waals surface area contributed by atoms with Crippen molar-refractivity contribution < 1.29 is 28.9 Å². The summed E-state index contributed by atoms with van der Waals surface area (Å²) in [6.45, 7) is 4.09. The molecule has 7 heteroatoms. The molecule has 4 N–H and O–H groups in total. The number of nitrogens with one attached hydrogen (secondary N) is 1. The van der Waals surface area contributed by atoms with E-state index in [4.69, 9.17) is 24.5 Å². The molecule has 0 unspecified atom stereocenters. The van der Waals surface area contributed by atoms with Gasteiger partial charge < -0.3 is 0 Å². The van der Waals surface area contributed by atoms with E-state index in [1.54, 1.807) is 6.08 Å². The zero-order chi connectivity index (χ0) is 8.62. The molecule has 10 heavy (non-hydrogen) atoms. The Morgan fingerprint density at radius 3 is 1.90 bits per heavy atom. The van der Waals surface area contributed by atoms with Crippen molar-refractivity contribution in [3.05, 3.63) is 12.7 Å². The molecule has 0 spiro atoms. The van der Waals surface area contributed by atoms with E-state index in [-0.39, 0.29) is 0 Å². The van der Waals surface area contributed by atoms with E-state index in [1.807, 2.05) is 0 Å². The second-order valence-corrected chi connectivity index (χ2v) is 1.88. The molecule has 0 aromatic heterocycles. The number of hydrogen-bond acceptors (Lipinski definition) is 6. The summed E-state index contributed by atoms with van der Waals surface area (Å²) in [6.07, 6.45) is 1.69. The summed E-state index contributed by atoms with van der Waals surface area (Å²) >= 11 is 0. The van der Waals surface area contributed by atoms with Gasteiger partial charge in [0.25, 0.3) is 0 Å². The minimum absolute atomic E-state index is 0.681. The van der Waals surface area contributed by atoms with Crippen LogP contribution < -0.4 is 25.2 Å². The van der Waals surface area contributed by atoms with Crippen LogP contribution in [-0.2, 0) is 0 Å². The van der Waals surface area contributed by atoms with E-state index < -0.39 is 10.2 Å². The predicted octanol–water partition coefficient (Wildman–Crippen LogP) is -4.49. The van der Waals surface area contributed by atoms with Crippen LogP contribution in [0.1, 0.15) is 0 Å². The van der Waals surface area contributed by atoms with Crippen LogP contribution in [0.2, 0.25) is 0 Å². The fourth-order valence-corrected chi connectivity index (χ4v) is 0.0833. The highest BCUT2D eigenvalue weighted by atomic mass is 35.7. The minimum atomic E-state index is -4.69. The maximum atomic E-state index is 8.60. The molecule has 0 fully saturated rings. The van der Waals surface area contributed by atoms with Gasteiger partial charge in [-0.15, -0.1) is 6.58 Å². The topological polar surface area (TPSA) is 127 Å². The van der Waals surface area contributed by atoms with Crippen molar-refractivity contribution in [2.45, 2.75) is 0 Å². The highest BCUT2D eigenvalue weighted by Gasteiger charge is 1.98. The molecule has 0 aromatic carbocycles. The third-order valence-corrected chi connectivity index (χ3v) is 0.262. The van der Waals surface area contributed by atoms with Gasteiger partial charge in [-0.1, -0.05) is 6.08 Å². The molecule has 0 saturated heterocycles. The summed E-state index contributed by atoms with van der Waals surface area (Å²) in [5.41, 5.74) is 2.40. The van der Waals surface area contributed by atoms with Crippen LogP contribution in [0, 0.1) is 10.2 Å². The van der Waals surface area contributed by atoms with E-state index in [1.165, 1.54) is 0 Å². The predicted molar refractivity (Wildman–Crippen MR) is 24.6 cm³/mol. The van der Waals surface area contributed by atoms with Crippen LogP contribution in [0.5, 0.6) is 0 Å². The smallest absolute Gasteiger partial charge is 0.0777 e. The zero-order valence-corrected chi connectivity index (χ0v) is 5.87. The van der Waals surface area contributed by atoms with Crippen LogP contribution in [0.25, 0.3) is 0 Å². The lowest BCUT2D eigenvalue weighted by molar-refractivity contribution is -1.92. The second-order valence-electron chi connectivity index (χ2n) is 1.09. The lowest BCUT2D eigenvalue weighted by atomic mass is 10.7. The number of hydrazine groups is 1. The fraction of sp³-hybridized carbons (Fsp3) is 0.333. The molecular weight excluding hydrogens is 163 g/mol. The first-order valence-electron chi connectivity index (χ1n) is 2.09. The van der Waals surface area contributed by atoms with Gasteiger partial charge in [-0.3, -0.25) is 11.3 Å². The third-order valence-electron chi connectivity index (χ3n) is 0.262. The van der Waals surface area contributed by atoms with Gasteiger partial charge in [-0.2, -0.15) is 14.0 Å². The molecular formula is C3H9ClN2O4. The van der Waals surface area contributed by atoms with Crippen LogP contribution >= 0.6 is 0 Å². The summed E-state index contributed by atoms with van der Waals surface area (Å²) in [5, 5.41) is 0. The molecule has 0 saturated carbocycles. The average Bonchev–Trinajstić information content (AvgIpc) is 1.63. The SMILES string of the molecule is C=CCNN.[O-][Cl+3]([O-])([O-])O. The van der Waals surface area contributed by atoms with Crippen molar-refractivity contribution in [1.82, 2.24) is 5.43 Å². The molecule has 6 nitrogen and oxygen atoms in total. The fourth-order valence-electron chi connectivity index (χ4n) is 0.0833. The van der Waals surface area contributed by atoms with Crippen molar-refractivity contribution in [3.8, 4) is 0 Å². The van der Waals surface area contributed by atoms with Gasteiger partial charge in [-0.25, -0.2) is 0 Å². The van der Waals surface area contributed by atoms with Gasteiger partial charge in [0.05, 0.1) is 14.9 Å². The Morgan fingerprint density at radius 2 is 1.90 bits per heavy atom. The molecule has 0 heterocycles. The maximum absolute atomic E-state index is 8.60. The van der Waals surface area contributed by atoms with Gasteiger partial charge >= 0.3 is 0 Å². The molecule has 0 radical (unpaired) electrons. The van der Waals surface area contributed by atoms with Gasteiger partial charge in [0.1, 0.15) is 0 Å². The molecule has 0 atom stereocenters. The number of nitrogens with two attached hydrogens (primary N) is 1. The monoisotopic (exact) mass is 172 g/mol. The van der Waals surface area contributed by atoms with Crippen LogP contribution in [-0.4, -0.2) is 11.2 Å². The van der Waals surface area contributed by atoms with Crippen molar-refractivity contribution >= 4 is 0 Å². The Kier molecular flexibility index (Phi) is 8.61. The molecule has 0 amide bonds. The Morgan fingerprint density at radius 1 is 1.60 bits per heavy atom. The molecule has 0 aliphatic heterocycles. The lowest BCUT2D eigenvalue weighted by Crippen LogP contribution is -2.58. The van der Waals surface area contributed by atoms with Crippen LogP contribution in [0.4, 0.5) is 0 Å². The molecule has 0 aliphatic carbocycles. The first-order valence-corrected chi connectivity index (χ1v) is 3.35. The Balaban J connectivity index is 0. The number of hydrogen-bond donors (Lipinski definition) is 3. The number of rotatable bonds is 2. The average molecular weight is 173 g/mol. The molecule has 62 valence electrons. The Bertz CT molecular complexity index is 77.1. The van der Waals surface area contributed by atoms with Crippen LogP contribution in [0.15, 0.2) is 12.7 Å². The van der Waals surface area contributed by atoms with Gasteiger partial charge in [-0.05, 0) is 0 Å². The molecule has 0 aliphatic rings. The van der Waals surface area contributed by atoms with Crippen LogP contribution in [0.3, 0.4) is 0 Å². The van der Waals surface area contributed by atoms with Crippen molar-refractivity contribution in [3.63, 3.8) is 0 Å². The molecule has 0 aromatic rings. The lowest BCUT2D eigenvalue weighted by Gasteiger charge is -2.03. The molecule has 0 bridgehead atoms. The summed E-state index contributed by atoms with van der Waals surface area (Å²) in [7, 11) is -4.69. The van der Waals surface area contributed by atoms with Crippen molar-refractivity contribution in [1.29, 1.82) is 0 Å². The Hall–Kier alpha value is -0.210. The van der Waals surface area contributed by atoms with Gasteiger partial charge in [0, 0.05) is 6.54 Å². The van der Waals surface area contributed by atoms with E-state index in [9.17, 15) is 0 Å². The zero-order valence-electron chi connectivity index (χ0n) is 5.12. The van der Waals surface area contributed by atoms with Gasteiger partial charge in [0.15, 0.2) is 0 Å². The van der Waals surface area contributed by atoms with E-state index >= 15 is 0 Å². The summed E-state index contributed by atoms with van der Waals surface area (Å²) in [4.78, 5) is 0. The summed E-state index contributed by atoms with van der Waals surface area (Å²) < 4.78 is 32.7. The Labute approximate surface area is 60.3 Å². The normalized spacial score (nSPS) is 9.70.